The number of likely N-dealkylation sites (tertiary alicyclic amines) is 1. The van der Waals surface area contributed by atoms with Crippen LogP contribution in [0.2, 0.25) is 0 Å². The highest BCUT2D eigenvalue weighted by Gasteiger charge is 2.57. The monoisotopic (exact) mass is 309 g/mol. The Morgan fingerprint density at radius 2 is 2.39 bits per heavy atom. The van der Waals surface area contributed by atoms with Crippen molar-refractivity contribution in [1.82, 2.24) is 24.9 Å². The molecule has 1 saturated carbocycles. The number of carbonyl (C=O) groups is 1. The summed E-state index contributed by atoms with van der Waals surface area (Å²) in [5, 5.41) is 8.04. The fourth-order valence-electron chi connectivity index (χ4n) is 4.04. The molecule has 1 amide bonds. The van der Waals surface area contributed by atoms with Gasteiger partial charge in [0.25, 0.3) is 5.91 Å². The van der Waals surface area contributed by atoms with Crippen LogP contribution < -0.4 is 0 Å². The zero-order valence-corrected chi connectivity index (χ0v) is 12.9. The van der Waals surface area contributed by atoms with Crippen molar-refractivity contribution in [3.8, 4) is 0 Å². The molecule has 3 heterocycles. The first-order valence-electron chi connectivity index (χ1n) is 7.99. The van der Waals surface area contributed by atoms with Crippen LogP contribution in [0.3, 0.4) is 0 Å². The fraction of sp³-hybridized carbons (Fsp3) is 0.412. The molecule has 6 nitrogen and oxygen atoms in total. The number of pyridine rings is 1. The van der Waals surface area contributed by atoms with Crippen LogP contribution in [0, 0.1) is 5.92 Å². The summed E-state index contributed by atoms with van der Waals surface area (Å²) in [6, 6.07) is 4.03. The number of carbonyl (C=O) groups excluding carboxylic acids is 1. The topological polar surface area (TPSA) is 63.9 Å². The average Bonchev–Trinajstić information content (AvgIpc) is 3.11. The minimum atomic E-state index is -0.201. The Labute approximate surface area is 134 Å². The Balaban J connectivity index is 1.67. The van der Waals surface area contributed by atoms with Gasteiger partial charge in [0.2, 0.25) is 0 Å². The molecule has 6 heteroatoms. The summed E-state index contributed by atoms with van der Waals surface area (Å²) in [4.78, 5) is 19.2. The van der Waals surface area contributed by atoms with Crippen LogP contribution >= 0.6 is 0 Å². The molecular formula is C17H19N5O. The van der Waals surface area contributed by atoms with Gasteiger partial charge in [-0.25, -0.2) is 4.68 Å². The second kappa shape index (κ2) is 5.30. The van der Waals surface area contributed by atoms with Crippen molar-refractivity contribution in [2.45, 2.75) is 31.3 Å². The molecule has 1 saturated heterocycles. The molecule has 1 aliphatic heterocycles. The van der Waals surface area contributed by atoms with Gasteiger partial charge in [-0.1, -0.05) is 17.4 Å². The lowest BCUT2D eigenvalue weighted by molar-refractivity contribution is 0.0138. The van der Waals surface area contributed by atoms with Gasteiger partial charge in [0.1, 0.15) is 0 Å². The predicted octanol–water partition coefficient (Wildman–Crippen LogP) is 2.01. The standard InChI is InChI=1S/C17H19N5O/c1-2-9-21-12-15(19-20-21)16(23)22-10-6-13-5-7-17(13,22)14-4-3-8-18-11-14/h2-4,8,11-13H,1,5-7,9-10H2/t13-,17-/m0/s1. The highest BCUT2D eigenvalue weighted by atomic mass is 16.2. The number of hydrogen-bond donors (Lipinski definition) is 0. The van der Waals surface area contributed by atoms with Crippen molar-refractivity contribution in [2.24, 2.45) is 5.92 Å². The molecule has 4 rings (SSSR count). The maximum atomic E-state index is 13.0. The zero-order chi connectivity index (χ0) is 15.9. The van der Waals surface area contributed by atoms with Crippen molar-refractivity contribution in [1.29, 1.82) is 0 Å². The molecule has 0 N–H and O–H groups in total. The fourth-order valence-corrected chi connectivity index (χ4v) is 4.04. The van der Waals surface area contributed by atoms with Crippen molar-refractivity contribution in [3.05, 3.63) is 54.6 Å². The molecule has 23 heavy (non-hydrogen) atoms. The Kier molecular flexibility index (Phi) is 3.25. The lowest BCUT2D eigenvalue weighted by Crippen LogP contribution is -2.53. The molecule has 0 unspecified atom stereocenters. The number of amides is 1. The number of aromatic nitrogens is 4. The third-order valence-corrected chi connectivity index (χ3v) is 5.21. The first-order chi connectivity index (χ1) is 11.3. The molecule has 0 aromatic carbocycles. The SMILES string of the molecule is C=CCn1cc(C(=O)N2CC[C@@H]3CC[C@@]32c2cccnc2)nn1. The van der Waals surface area contributed by atoms with Crippen LogP contribution in [0.5, 0.6) is 0 Å². The van der Waals surface area contributed by atoms with Gasteiger partial charge in [0, 0.05) is 18.9 Å². The second-order valence-electron chi connectivity index (χ2n) is 6.26. The number of rotatable bonds is 4. The first-order valence-corrected chi connectivity index (χ1v) is 7.99. The molecule has 2 aliphatic rings. The Morgan fingerprint density at radius 1 is 1.48 bits per heavy atom. The summed E-state index contributed by atoms with van der Waals surface area (Å²) in [7, 11) is 0. The maximum Gasteiger partial charge on any atom is 0.276 e. The van der Waals surface area contributed by atoms with E-state index >= 15 is 0 Å². The molecule has 0 bridgehead atoms. The van der Waals surface area contributed by atoms with Crippen LogP contribution in [0.25, 0.3) is 0 Å². The van der Waals surface area contributed by atoms with Gasteiger partial charge in [0.15, 0.2) is 5.69 Å². The van der Waals surface area contributed by atoms with E-state index in [1.807, 2.05) is 17.2 Å². The third-order valence-electron chi connectivity index (χ3n) is 5.21. The van der Waals surface area contributed by atoms with Crippen LogP contribution in [0.15, 0.2) is 43.4 Å². The summed E-state index contributed by atoms with van der Waals surface area (Å²) in [6.45, 7) is 5.00. The van der Waals surface area contributed by atoms with Crippen LogP contribution in [-0.2, 0) is 12.1 Å². The number of fused-ring (bicyclic) bond motifs is 1. The number of allylic oxidation sites excluding steroid dienone is 1. The minimum Gasteiger partial charge on any atom is -0.327 e. The molecule has 118 valence electrons. The Bertz CT molecular complexity index is 740. The minimum absolute atomic E-state index is 0.0358. The van der Waals surface area contributed by atoms with E-state index in [0.29, 0.717) is 18.2 Å². The molecule has 0 spiro atoms. The van der Waals surface area contributed by atoms with E-state index in [0.717, 1.165) is 24.9 Å². The van der Waals surface area contributed by atoms with E-state index in [4.69, 9.17) is 0 Å². The Hall–Kier alpha value is -2.50. The van der Waals surface area contributed by atoms with E-state index in [1.165, 1.54) is 6.42 Å². The summed E-state index contributed by atoms with van der Waals surface area (Å²) in [5.41, 5.74) is 1.34. The zero-order valence-electron chi connectivity index (χ0n) is 12.9. The quantitative estimate of drug-likeness (QED) is 0.811. The average molecular weight is 309 g/mol. The molecule has 2 atom stereocenters. The first kappa shape index (κ1) is 14.1. The normalized spacial score (nSPS) is 25.7. The summed E-state index contributed by atoms with van der Waals surface area (Å²) in [6.07, 6.45) is 10.3. The van der Waals surface area contributed by atoms with E-state index < -0.39 is 0 Å². The van der Waals surface area contributed by atoms with Crippen LogP contribution in [-0.4, -0.2) is 37.3 Å². The van der Waals surface area contributed by atoms with Gasteiger partial charge in [-0.2, -0.15) is 0 Å². The lowest BCUT2D eigenvalue weighted by atomic mass is 9.64. The summed E-state index contributed by atoms with van der Waals surface area (Å²) in [5.74, 6) is 0.491. The molecule has 1 aliphatic carbocycles. The highest BCUT2D eigenvalue weighted by Crippen LogP contribution is 2.56. The number of nitrogens with zero attached hydrogens (tertiary/aromatic N) is 5. The smallest absolute Gasteiger partial charge is 0.276 e. The van der Waals surface area contributed by atoms with Crippen molar-refractivity contribution in [3.63, 3.8) is 0 Å². The third kappa shape index (κ3) is 2.01. The second-order valence-corrected chi connectivity index (χ2v) is 6.26. The van der Waals surface area contributed by atoms with Crippen molar-refractivity contribution < 1.29 is 4.79 Å². The molecule has 2 fully saturated rings. The highest BCUT2D eigenvalue weighted by molar-refractivity contribution is 5.93. The largest absolute Gasteiger partial charge is 0.327 e. The van der Waals surface area contributed by atoms with Crippen molar-refractivity contribution in [2.75, 3.05) is 6.54 Å². The molecule has 2 aromatic heterocycles. The predicted molar refractivity (Wildman–Crippen MR) is 84.5 cm³/mol. The van der Waals surface area contributed by atoms with E-state index in [-0.39, 0.29) is 11.4 Å². The van der Waals surface area contributed by atoms with Gasteiger partial charge in [-0.3, -0.25) is 9.78 Å². The lowest BCUT2D eigenvalue weighted by Gasteiger charge is -2.50. The van der Waals surface area contributed by atoms with Gasteiger partial charge < -0.3 is 4.90 Å². The van der Waals surface area contributed by atoms with Gasteiger partial charge in [0.05, 0.1) is 18.3 Å². The van der Waals surface area contributed by atoms with Gasteiger partial charge >= 0.3 is 0 Å². The van der Waals surface area contributed by atoms with Crippen LogP contribution in [0.1, 0.15) is 35.3 Å². The van der Waals surface area contributed by atoms with E-state index in [2.05, 4.69) is 27.9 Å². The maximum absolute atomic E-state index is 13.0. The molecular weight excluding hydrogens is 290 g/mol. The molecule has 0 radical (unpaired) electrons. The van der Waals surface area contributed by atoms with E-state index in [1.54, 1.807) is 23.2 Å². The summed E-state index contributed by atoms with van der Waals surface area (Å²) < 4.78 is 1.63. The van der Waals surface area contributed by atoms with Crippen molar-refractivity contribution >= 4 is 5.91 Å². The van der Waals surface area contributed by atoms with Crippen LogP contribution in [0.4, 0.5) is 0 Å². The summed E-state index contributed by atoms with van der Waals surface area (Å²) >= 11 is 0. The Morgan fingerprint density at radius 3 is 3.09 bits per heavy atom. The molecule has 2 aromatic rings. The number of hydrogen-bond acceptors (Lipinski definition) is 4. The van der Waals surface area contributed by atoms with Gasteiger partial charge in [-0.15, -0.1) is 11.7 Å². The van der Waals surface area contributed by atoms with E-state index in [9.17, 15) is 4.79 Å². The van der Waals surface area contributed by atoms with Gasteiger partial charge in [-0.05, 0) is 36.8 Å².